The largest absolute Gasteiger partial charge is 0.497 e. The number of anilines is 1. The van der Waals surface area contributed by atoms with E-state index in [1.165, 1.54) is 12.1 Å². The third-order valence-electron chi connectivity index (χ3n) is 3.50. The maximum absolute atomic E-state index is 12.7. The van der Waals surface area contributed by atoms with Gasteiger partial charge in [-0.2, -0.15) is 4.31 Å². The quantitative estimate of drug-likeness (QED) is 0.798. The minimum absolute atomic E-state index is 0.0178. The number of nitrogens with zero attached hydrogens (tertiary/aromatic N) is 1. The third-order valence-corrected chi connectivity index (χ3v) is 5.92. The van der Waals surface area contributed by atoms with Crippen molar-refractivity contribution in [2.75, 3.05) is 25.5 Å². The normalized spacial score (nSPS) is 11.4. The number of likely N-dealkylation sites (N-methyl/N-ethyl adjacent to an activating group) is 1. The highest BCUT2D eigenvalue weighted by atomic mass is 35.5. The molecule has 0 aromatic heterocycles. The first kappa shape index (κ1) is 19.2. The standard InChI is InChI=1S/C17H19ClN2O4S/c1-3-20(25(22,23)16-7-5-4-6-15(16)18)12-17(21)19-13-8-10-14(24-2)11-9-13/h4-11H,3,12H2,1-2H3,(H,19,21). The molecule has 6 nitrogen and oxygen atoms in total. The summed E-state index contributed by atoms with van der Waals surface area (Å²) in [5, 5.41) is 2.78. The Morgan fingerprint density at radius 3 is 2.36 bits per heavy atom. The first-order chi connectivity index (χ1) is 11.9. The summed E-state index contributed by atoms with van der Waals surface area (Å²) in [5.41, 5.74) is 0.553. The molecule has 0 radical (unpaired) electrons. The van der Waals surface area contributed by atoms with Crippen LogP contribution in [0.25, 0.3) is 0 Å². The lowest BCUT2D eigenvalue weighted by molar-refractivity contribution is -0.116. The van der Waals surface area contributed by atoms with E-state index < -0.39 is 15.9 Å². The van der Waals surface area contributed by atoms with E-state index in [-0.39, 0.29) is 23.0 Å². The SMILES string of the molecule is CCN(CC(=O)Nc1ccc(OC)cc1)S(=O)(=O)c1ccccc1Cl. The van der Waals surface area contributed by atoms with Gasteiger partial charge in [0.2, 0.25) is 15.9 Å². The first-order valence-corrected chi connectivity index (χ1v) is 9.39. The molecule has 2 aromatic carbocycles. The molecule has 0 saturated carbocycles. The number of ether oxygens (including phenoxy) is 1. The molecule has 2 aromatic rings. The van der Waals surface area contributed by atoms with Crippen LogP contribution in [0.5, 0.6) is 5.75 Å². The number of nitrogens with one attached hydrogen (secondary N) is 1. The highest BCUT2D eigenvalue weighted by molar-refractivity contribution is 7.89. The summed E-state index contributed by atoms with van der Waals surface area (Å²) in [5.74, 6) is 0.220. The molecule has 0 aliphatic rings. The molecular weight excluding hydrogens is 364 g/mol. The fourth-order valence-corrected chi connectivity index (χ4v) is 4.09. The van der Waals surface area contributed by atoms with Crippen molar-refractivity contribution in [1.29, 1.82) is 0 Å². The Morgan fingerprint density at radius 1 is 1.16 bits per heavy atom. The van der Waals surface area contributed by atoms with Gasteiger partial charge in [0.25, 0.3) is 0 Å². The van der Waals surface area contributed by atoms with Gasteiger partial charge in [-0.15, -0.1) is 0 Å². The monoisotopic (exact) mass is 382 g/mol. The lowest BCUT2D eigenvalue weighted by Crippen LogP contribution is -2.37. The molecule has 25 heavy (non-hydrogen) atoms. The van der Waals surface area contributed by atoms with Crippen LogP contribution in [0.15, 0.2) is 53.4 Å². The zero-order valence-corrected chi connectivity index (χ0v) is 15.5. The van der Waals surface area contributed by atoms with Crippen LogP contribution < -0.4 is 10.1 Å². The average molecular weight is 383 g/mol. The molecule has 8 heteroatoms. The highest BCUT2D eigenvalue weighted by Crippen LogP contribution is 2.24. The average Bonchev–Trinajstić information content (AvgIpc) is 2.60. The van der Waals surface area contributed by atoms with E-state index in [0.29, 0.717) is 11.4 Å². The van der Waals surface area contributed by atoms with Gasteiger partial charge in [0, 0.05) is 12.2 Å². The number of benzene rings is 2. The molecule has 0 atom stereocenters. The zero-order valence-electron chi connectivity index (χ0n) is 13.9. The number of halogens is 1. The summed E-state index contributed by atoms with van der Waals surface area (Å²) in [6.45, 7) is 1.49. The van der Waals surface area contributed by atoms with Crippen molar-refractivity contribution >= 4 is 33.2 Å². The molecule has 0 bridgehead atoms. The predicted octanol–water partition coefficient (Wildman–Crippen LogP) is 3.00. The van der Waals surface area contributed by atoms with Gasteiger partial charge >= 0.3 is 0 Å². The van der Waals surface area contributed by atoms with Crippen LogP contribution in [0.3, 0.4) is 0 Å². The number of methoxy groups -OCH3 is 1. The van der Waals surface area contributed by atoms with Gasteiger partial charge in [-0.25, -0.2) is 8.42 Å². The van der Waals surface area contributed by atoms with Crippen molar-refractivity contribution in [3.63, 3.8) is 0 Å². The lowest BCUT2D eigenvalue weighted by atomic mass is 10.3. The van der Waals surface area contributed by atoms with Gasteiger partial charge in [0.1, 0.15) is 10.6 Å². The van der Waals surface area contributed by atoms with E-state index in [9.17, 15) is 13.2 Å². The lowest BCUT2D eigenvalue weighted by Gasteiger charge is -2.20. The number of carbonyl (C=O) groups is 1. The predicted molar refractivity (Wildman–Crippen MR) is 97.5 cm³/mol. The van der Waals surface area contributed by atoms with Gasteiger partial charge in [-0.05, 0) is 36.4 Å². The van der Waals surface area contributed by atoms with Crippen LogP contribution in [0, 0.1) is 0 Å². The topological polar surface area (TPSA) is 75.7 Å². The molecule has 0 saturated heterocycles. The van der Waals surface area contributed by atoms with Crippen LogP contribution in [-0.2, 0) is 14.8 Å². The zero-order chi connectivity index (χ0) is 18.4. The van der Waals surface area contributed by atoms with Gasteiger partial charge < -0.3 is 10.1 Å². The maximum Gasteiger partial charge on any atom is 0.245 e. The second kappa shape index (κ2) is 8.33. The molecule has 0 aliphatic heterocycles. The van der Waals surface area contributed by atoms with Crippen molar-refractivity contribution < 1.29 is 17.9 Å². The smallest absolute Gasteiger partial charge is 0.245 e. The van der Waals surface area contributed by atoms with Crippen LogP contribution in [0.1, 0.15) is 6.92 Å². The Kier molecular flexibility index (Phi) is 6.41. The van der Waals surface area contributed by atoms with Crippen molar-refractivity contribution in [1.82, 2.24) is 4.31 Å². The second-order valence-corrected chi connectivity index (χ2v) is 7.45. The van der Waals surface area contributed by atoms with E-state index in [1.54, 1.807) is 50.4 Å². The Balaban J connectivity index is 2.12. The summed E-state index contributed by atoms with van der Waals surface area (Å²) >= 11 is 5.99. The fourth-order valence-electron chi connectivity index (χ4n) is 2.19. The summed E-state index contributed by atoms with van der Waals surface area (Å²) in [4.78, 5) is 12.2. The summed E-state index contributed by atoms with van der Waals surface area (Å²) in [6, 6.07) is 12.9. The van der Waals surface area contributed by atoms with Crippen molar-refractivity contribution in [2.24, 2.45) is 0 Å². The molecule has 0 fully saturated rings. The van der Waals surface area contributed by atoms with E-state index >= 15 is 0 Å². The maximum atomic E-state index is 12.7. The molecule has 2 rings (SSSR count). The third kappa shape index (κ3) is 4.72. The van der Waals surface area contributed by atoms with Gasteiger partial charge in [-0.3, -0.25) is 4.79 Å². The number of hydrogen-bond acceptors (Lipinski definition) is 4. The molecule has 1 N–H and O–H groups in total. The highest BCUT2D eigenvalue weighted by Gasteiger charge is 2.27. The minimum atomic E-state index is -3.86. The van der Waals surface area contributed by atoms with E-state index in [1.807, 2.05) is 0 Å². The Labute approximate surface area is 152 Å². The number of rotatable bonds is 7. The minimum Gasteiger partial charge on any atom is -0.497 e. The Hall–Kier alpha value is -2.09. The van der Waals surface area contributed by atoms with Crippen LogP contribution in [0.4, 0.5) is 5.69 Å². The summed E-state index contributed by atoms with van der Waals surface area (Å²) in [7, 11) is -2.31. The van der Waals surface area contributed by atoms with Crippen LogP contribution >= 0.6 is 11.6 Å². The van der Waals surface area contributed by atoms with Gasteiger partial charge in [0.05, 0.1) is 18.7 Å². The molecule has 0 spiro atoms. The molecule has 0 unspecified atom stereocenters. The summed E-state index contributed by atoms with van der Waals surface area (Å²) in [6.07, 6.45) is 0. The molecule has 0 aliphatic carbocycles. The van der Waals surface area contributed by atoms with E-state index in [0.717, 1.165) is 4.31 Å². The molecule has 134 valence electrons. The van der Waals surface area contributed by atoms with E-state index in [4.69, 9.17) is 16.3 Å². The van der Waals surface area contributed by atoms with E-state index in [2.05, 4.69) is 5.32 Å². The first-order valence-electron chi connectivity index (χ1n) is 7.57. The number of carbonyl (C=O) groups excluding carboxylic acids is 1. The number of sulfonamides is 1. The van der Waals surface area contributed by atoms with Crippen molar-refractivity contribution in [3.8, 4) is 5.75 Å². The number of amides is 1. The Morgan fingerprint density at radius 2 is 1.80 bits per heavy atom. The Bertz CT molecular complexity index is 838. The molecule has 0 heterocycles. The second-order valence-electron chi connectivity index (χ2n) is 5.14. The molecular formula is C17H19ClN2O4S. The number of hydrogen-bond donors (Lipinski definition) is 1. The van der Waals surface area contributed by atoms with Gasteiger partial charge in [0.15, 0.2) is 0 Å². The van der Waals surface area contributed by atoms with Gasteiger partial charge in [-0.1, -0.05) is 30.7 Å². The van der Waals surface area contributed by atoms with Crippen molar-refractivity contribution in [2.45, 2.75) is 11.8 Å². The summed E-state index contributed by atoms with van der Waals surface area (Å²) < 4.78 is 31.5. The van der Waals surface area contributed by atoms with Crippen LogP contribution in [0.2, 0.25) is 5.02 Å². The fraction of sp³-hybridized carbons (Fsp3) is 0.235. The van der Waals surface area contributed by atoms with Crippen LogP contribution in [-0.4, -0.2) is 38.8 Å². The molecule has 1 amide bonds. The van der Waals surface area contributed by atoms with Crippen molar-refractivity contribution in [3.05, 3.63) is 53.6 Å².